The third-order valence-electron chi connectivity index (χ3n) is 6.11. The molecule has 1 aliphatic heterocycles. The summed E-state index contributed by atoms with van der Waals surface area (Å²) in [5.74, 6) is 1.15. The molecule has 1 amide bonds. The number of rotatable bonds is 9. The van der Waals surface area contributed by atoms with Gasteiger partial charge in [-0.3, -0.25) is 4.79 Å². The molecule has 2 aliphatic rings. The van der Waals surface area contributed by atoms with E-state index in [-0.39, 0.29) is 24.5 Å². The first kappa shape index (κ1) is 22.6. The fraction of sp³-hybridized carbons (Fsp3) is 0.625. The highest BCUT2D eigenvalue weighted by molar-refractivity contribution is 5.91. The Morgan fingerprint density at radius 3 is 2.57 bits per heavy atom. The van der Waals surface area contributed by atoms with Crippen LogP contribution in [0.2, 0.25) is 0 Å². The van der Waals surface area contributed by atoms with Crippen molar-refractivity contribution in [2.75, 3.05) is 27.4 Å². The number of benzene rings is 1. The van der Waals surface area contributed by atoms with E-state index in [1.165, 1.54) is 19.3 Å². The lowest BCUT2D eigenvalue weighted by molar-refractivity contribution is -0.153. The SMILES string of the molecule is COc1ccc([C@H]2C=C(C(=O)N(C)C3CCCCC3)O[C@@H](OCCCCO)C2)cc1. The highest BCUT2D eigenvalue weighted by Gasteiger charge is 2.32. The molecule has 0 radical (unpaired) electrons. The van der Waals surface area contributed by atoms with Gasteiger partial charge < -0.3 is 24.2 Å². The molecule has 0 aromatic heterocycles. The predicted octanol–water partition coefficient (Wildman–Crippen LogP) is 3.99. The van der Waals surface area contributed by atoms with E-state index < -0.39 is 6.29 Å². The van der Waals surface area contributed by atoms with E-state index in [0.29, 0.717) is 25.2 Å². The number of likely N-dealkylation sites (N-methyl/N-ethyl adjacent to an activating group) is 1. The highest BCUT2D eigenvalue weighted by Crippen LogP contribution is 2.33. The maximum absolute atomic E-state index is 13.2. The van der Waals surface area contributed by atoms with Crippen LogP contribution in [0.4, 0.5) is 0 Å². The fourth-order valence-electron chi connectivity index (χ4n) is 4.23. The summed E-state index contributed by atoms with van der Waals surface area (Å²) in [6.45, 7) is 0.652. The Kier molecular flexibility index (Phi) is 8.58. The minimum atomic E-state index is -0.473. The maximum atomic E-state index is 13.2. The molecule has 0 spiro atoms. The third kappa shape index (κ3) is 5.99. The highest BCUT2D eigenvalue weighted by atomic mass is 16.7. The van der Waals surface area contributed by atoms with Crippen LogP contribution >= 0.6 is 0 Å². The van der Waals surface area contributed by atoms with Crippen molar-refractivity contribution in [3.05, 3.63) is 41.7 Å². The molecular weight excluding hydrogens is 382 g/mol. The number of aliphatic hydroxyl groups is 1. The number of allylic oxidation sites excluding steroid dienone is 1. The molecule has 1 N–H and O–H groups in total. The largest absolute Gasteiger partial charge is 0.497 e. The van der Waals surface area contributed by atoms with Gasteiger partial charge >= 0.3 is 0 Å². The van der Waals surface area contributed by atoms with Gasteiger partial charge in [0.15, 0.2) is 5.76 Å². The van der Waals surface area contributed by atoms with Crippen LogP contribution in [-0.4, -0.2) is 55.6 Å². The van der Waals surface area contributed by atoms with Gasteiger partial charge in [-0.15, -0.1) is 0 Å². The Morgan fingerprint density at radius 2 is 1.90 bits per heavy atom. The lowest BCUT2D eigenvalue weighted by atomic mass is 9.92. The molecule has 2 atom stereocenters. The van der Waals surface area contributed by atoms with E-state index in [2.05, 4.69) is 0 Å². The molecule has 6 nitrogen and oxygen atoms in total. The molecule has 3 rings (SSSR count). The topological polar surface area (TPSA) is 68.2 Å². The van der Waals surface area contributed by atoms with Gasteiger partial charge in [0, 0.05) is 32.0 Å². The quantitative estimate of drug-likeness (QED) is 0.616. The van der Waals surface area contributed by atoms with Gasteiger partial charge in [0.05, 0.1) is 13.7 Å². The van der Waals surface area contributed by atoms with Crippen molar-refractivity contribution in [1.82, 2.24) is 4.90 Å². The molecule has 1 aromatic carbocycles. The van der Waals surface area contributed by atoms with Crippen LogP contribution in [0.15, 0.2) is 36.1 Å². The standard InChI is InChI=1S/C24H35NO5/c1-25(20-8-4-3-5-9-20)24(27)22-16-19(18-10-12-21(28-2)13-11-18)17-23(30-22)29-15-7-6-14-26/h10-13,16,19-20,23,26H,3-9,14-15,17H2,1-2H3/t19-,23+/m0/s1. The van der Waals surface area contributed by atoms with E-state index >= 15 is 0 Å². The van der Waals surface area contributed by atoms with Gasteiger partial charge in [0.25, 0.3) is 5.91 Å². The van der Waals surface area contributed by atoms with Gasteiger partial charge in [-0.25, -0.2) is 0 Å². The normalized spacial score (nSPS) is 22.2. The number of carbonyl (C=O) groups excluding carboxylic acids is 1. The van der Waals surface area contributed by atoms with E-state index in [1.54, 1.807) is 7.11 Å². The number of nitrogens with zero attached hydrogens (tertiary/aromatic N) is 1. The Morgan fingerprint density at radius 1 is 1.17 bits per heavy atom. The van der Waals surface area contributed by atoms with Gasteiger partial charge in [-0.2, -0.15) is 0 Å². The molecule has 0 bridgehead atoms. The van der Waals surface area contributed by atoms with Gasteiger partial charge in [-0.1, -0.05) is 31.4 Å². The van der Waals surface area contributed by atoms with Crippen LogP contribution < -0.4 is 4.74 Å². The lowest BCUT2D eigenvalue weighted by Crippen LogP contribution is -2.41. The number of unbranched alkanes of at least 4 members (excludes halogenated alkanes) is 1. The van der Waals surface area contributed by atoms with Crippen molar-refractivity contribution >= 4 is 5.91 Å². The molecule has 1 fully saturated rings. The molecule has 1 aliphatic carbocycles. The molecule has 0 saturated heterocycles. The van der Waals surface area contributed by atoms with E-state index in [9.17, 15) is 4.79 Å². The summed E-state index contributed by atoms with van der Waals surface area (Å²) >= 11 is 0. The smallest absolute Gasteiger partial charge is 0.288 e. The van der Waals surface area contributed by atoms with Gasteiger partial charge in [0.1, 0.15) is 5.75 Å². The van der Waals surface area contributed by atoms with Crippen molar-refractivity contribution < 1.29 is 24.1 Å². The number of hydrogen-bond acceptors (Lipinski definition) is 5. The molecule has 0 unspecified atom stereocenters. The molecule has 30 heavy (non-hydrogen) atoms. The Labute approximate surface area is 179 Å². The number of ether oxygens (including phenoxy) is 3. The summed E-state index contributed by atoms with van der Waals surface area (Å²) < 4.78 is 17.2. The molecular formula is C24H35NO5. The van der Waals surface area contributed by atoms with Crippen molar-refractivity contribution in [3.63, 3.8) is 0 Å². The van der Waals surface area contributed by atoms with Crippen LogP contribution in [0.5, 0.6) is 5.75 Å². The molecule has 6 heteroatoms. The number of hydrogen-bond donors (Lipinski definition) is 1. The molecule has 1 aromatic rings. The first-order valence-electron chi connectivity index (χ1n) is 11.1. The van der Waals surface area contributed by atoms with Crippen LogP contribution in [0, 0.1) is 0 Å². The third-order valence-corrected chi connectivity index (χ3v) is 6.11. The van der Waals surface area contributed by atoms with Gasteiger partial charge in [0.2, 0.25) is 6.29 Å². The van der Waals surface area contributed by atoms with E-state index in [1.807, 2.05) is 42.3 Å². The summed E-state index contributed by atoms with van der Waals surface area (Å²) in [5, 5.41) is 8.98. The summed E-state index contributed by atoms with van der Waals surface area (Å²) in [6, 6.07) is 8.21. The Balaban J connectivity index is 1.74. The summed E-state index contributed by atoms with van der Waals surface area (Å²) in [5.41, 5.74) is 1.11. The van der Waals surface area contributed by atoms with E-state index in [4.69, 9.17) is 19.3 Å². The summed E-state index contributed by atoms with van der Waals surface area (Å²) in [7, 11) is 3.54. The van der Waals surface area contributed by atoms with Crippen molar-refractivity contribution in [2.45, 2.75) is 69.6 Å². The van der Waals surface area contributed by atoms with Crippen LogP contribution in [0.1, 0.15) is 62.8 Å². The second-order valence-corrected chi connectivity index (χ2v) is 8.20. The van der Waals surface area contributed by atoms with E-state index in [0.717, 1.165) is 30.6 Å². The summed E-state index contributed by atoms with van der Waals surface area (Å²) in [4.78, 5) is 15.1. The lowest BCUT2D eigenvalue weighted by Gasteiger charge is -2.34. The van der Waals surface area contributed by atoms with Crippen molar-refractivity contribution in [3.8, 4) is 5.75 Å². The zero-order valence-corrected chi connectivity index (χ0v) is 18.2. The Hall–Kier alpha value is -2.05. The second-order valence-electron chi connectivity index (χ2n) is 8.20. The van der Waals surface area contributed by atoms with Gasteiger partial charge in [-0.05, 0) is 49.5 Å². The zero-order chi connectivity index (χ0) is 21.3. The van der Waals surface area contributed by atoms with Crippen molar-refractivity contribution in [1.29, 1.82) is 0 Å². The average molecular weight is 418 g/mol. The summed E-state index contributed by atoms with van der Waals surface area (Å²) in [6.07, 6.45) is 9.28. The van der Waals surface area contributed by atoms with Crippen molar-refractivity contribution in [2.24, 2.45) is 0 Å². The predicted molar refractivity (Wildman–Crippen MR) is 115 cm³/mol. The minimum absolute atomic E-state index is 0.0335. The molecule has 1 heterocycles. The zero-order valence-electron chi connectivity index (χ0n) is 18.2. The first-order chi connectivity index (χ1) is 14.6. The molecule has 1 saturated carbocycles. The average Bonchev–Trinajstić information content (AvgIpc) is 2.81. The van der Waals surface area contributed by atoms with Crippen LogP contribution in [0.3, 0.4) is 0 Å². The number of carbonyl (C=O) groups is 1. The Bertz CT molecular complexity index is 696. The fourth-order valence-corrected chi connectivity index (χ4v) is 4.23. The second kappa shape index (κ2) is 11.4. The number of methoxy groups -OCH3 is 1. The monoisotopic (exact) mass is 417 g/mol. The minimum Gasteiger partial charge on any atom is -0.497 e. The first-order valence-corrected chi connectivity index (χ1v) is 11.1. The van der Waals surface area contributed by atoms with Crippen LogP contribution in [0.25, 0.3) is 0 Å². The van der Waals surface area contributed by atoms with Crippen LogP contribution in [-0.2, 0) is 14.3 Å². The number of amides is 1. The molecule has 166 valence electrons. The maximum Gasteiger partial charge on any atom is 0.288 e. The number of aliphatic hydroxyl groups excluding tert-OH is 1.